The van der Waals surface area contributed by atoms with Crippen LogP contribution in [0.3, 0.4) is 0 Å². The third-order valence-corrected chi connectivity index (χ3v) is 6.14. The number of furan rings is 1. The fourth-order valence-electron chi connectivity index (χ4n) is 2.84. The molecule has 3 aromatic rings. The Morgan fingerprint density at radius 3 is 2.40 bits per heavy atom. The fraction of sp³-hybridized carbons (Fsp3) is 0.227. The van der Waals surface area contributed by atoms with Gasteiger partial charge in [0.25, 0.3) is 0 Å². The molecule has 7 nitrogen and oxygen atoms in total. The van der Waals surface area contributed by atoms with Gasteiger partial charge in [0.2, 0.25) is 15.9 Å². The number of carbonyl (C=O) groups is 1. The van der Waals surface area contributed by atoms with Crippen LogP contribution in [0.2, 0.25) is 0 Å². The minimum Gasteiger partial charge on any atom is -0.494 e. The largest absolute Gasteiger partial charge is 0.494 e. The molecule has 0 aliphatic heterocycles. The van der Waals surface area contributed by atoms with Crippen LogP contribution >= 0.6 is 0 Å². The summed E-state index contributed by atoms with van der Waals surface area (Å²) in [5.74, 6) is 0.620. The van der Waals surface area contributed by atoms with E-state index in [1.54, 1.807) is 24.3 Å². The molecule has 30 heavy (non-hydrogen) atoms. The molecule has 0 spiro atoms. The molecule has 0 aliphatic rings. The number of carbonyl (C=O) groups excluding carboxylic acids is 1. The molecule has 3 rings (SSSR count). The van der Waals surface area contributed by atoms with Gasteiger partial charge in [0.05, 0.1) is 30.9 Å². The van der Waals surface area contributed by atoms with E-state index in [1.165, 1.54) is 18.4 Å². The molecule has 1 N–H and O–H groups in total. The molecule has 1 amide bonds. The zero-order chi connectivity index (χ0) is 21.4. The average molecular weight is 429 g/mol. The zero-order valence-electron chi connectivity index (χ0n) is 16.7. The van der Waals surface area contributed by atoms with Crippen LogP contribution in [0.1, 0.15) is 18.2 Å². The highest BCUT2D eigenvalue weighted by Crippen LogP contribution is 2.21. The molecule has 0 saturated carbocycles. The molecule has 0 atom stereocenters. The summed E-state index contributed by atoms with van der Waals surface area (Å²) < 4.78 is 38.2. The van der Waals surface area contributed by atoms with Gasteiger partial charge in [-0.05, 0) is 48.9 Å². The Kier molecular flexibility index (Phi) is 7.26. The normalized spacial score (nSPS) is 11.4. The maximum absolute atomic E-state index is 13.2. The second kappa shape index (κ2) is 10.1. The van der Waals surface area contributed by atoms with Gasteiger partial charge >= 0.3 is 0 Å². The van der Waals surface area contributed by atoms with Gasteiger partial charge in [0, 0.05) is 6.54 Å². The predicted octanol–water partition coefficient (Wildman–Crippen LogP) is 3.19. The molecule has 1 aromatic heterocycles. The van der Waals surface area contributed by atoms with E-state index in [4.69, 9.17) is 9.15 Å². The maximum atomic E-state index is 13.2. The van der Waals surface area contributed by atoms with Crippen molar-refractivity contribution in [3.05, 3.63) is 84.3 Å². The lowest BCUT2D eigenvalue weighted by Gasteiger charge is -2.21. The summed E-state index contributed by atoms with van der Waals surface area (Å²) in [6.45, 7) is 2.27. The second-order valence-electron chi connectivity index (χ2n) is 6.52. The molecular weight excluding hydrogens is 404 g/mol. The number of sulfonamides is 1. The minimum absolute atomic E-state index is 0.0543. The summed E-state index contributed by atoms with van der Waals surface area (Å²) in [4.78, 5) is 12.6. The van der Waals surface area contributed by atoms with Gasteiger partial charge in [0.15, 0.2) is 0 Å². The van der Waals surface area contributed by atoms with E-state index >= 15 is 0 Å². The third kappa shape index (κ3) is 5.71. The highest BCUT2D eigenvalue weighted by molar-refractivity contribution is 7.89. The van der Waals surface area contributed by atoms with Crippen molar-refractivity contribution in [3.63, 3.8) is 0 Å². The van der Waals surface area contributed by atoms with E-state index in [2.05, 4.69) is 5.32 Å². The number of nitrogens with one attached hydrogen (secondary N) is 1. The van der Waals surface area contributed by atoms with Crippen molar-refractivity contribution in [1.29, 1.82) is 0 Å². The first kappa shape index (κ1) is 21.6. The molecule has 0 unspecified atom stereocenters. The molecule has 0 radical (unpaired) electrons. The summed E-state index contributed by atoms with van der Waals surface area (Å²) in [6.07, 6.45) is 1.46. The number of hydrogen-bond acceptors (Lipinski definition) is 5. The van der Waals surface area contributed by atoms with Crippen LogP contribution in [0, 0.1) is 0 Å². The second-order valence-corrected chi connectivity index (χ2v) is 8.46. The van der Waals surface area contributed by atoms with Gasteiger partial charge in [-0.15, -0.1) is 0 Å². The Labute approximate surface area is 176 Å². The molecule has 2 aromatic carbocycles. The first-order valence-electron chi connectivity index (χ1n) is 9.55. The van der Waals surface area contributed by atoms with E-state index in [0.29, 0.717) is 24.7 Å². The SMILES string of the molecule is CCOc1ccc(S(=O)(=O)N(CC(=O)NCc2ccccc2)Cc2ccco2)cc1. The van der Waals surface area contributed by atoms with Crippen LogP contribution in [0.15, 0.2) is 82.3 Å². The van der Waals surface area contributed by atoms with Crippen LogP contribution in [-0.4, -0.2) is 31.8 Å². The van der Waals surface area contributed by atoms with Crippen molar-refractivity contribution in [2.75, 3.05) is 13.2 Å². The standard InChI is InChI=1S/C22H24N2O5S/c1-2-28-19-10-12-21(13-11-19)30(26,27)24(16-20-9-6-14-29-20)17-22(25)23-15-18-7-4-3-5-8-18/h3-14H,2,15-17H2,1H3,(H,23,25). The molecule has 0 bridgehead atoms. The van der Waals surface area contributed by atoms with Crippen LogP contribution in [0.5, 0.6) is 5.75 Å². The Balaban J connectivity index is 1.76. The van der Waals surface area contributed by atoms with Crippen molar-refractivity contribution in [1.82, 2.24) is 9.62 Å². The Bertz CT molecular complexity index is 1030. The molecule has 0 saturated heterocycles. The Morgan fingerprint density at radius 2 is 1.77 bits per heavy atom. The van der Waals surface area contributed by atoms with E-state index in [9.17, 15) is 13.2 Å². The van der Waals surface area contributed by atoms with Crippen molar-refractivity contribution in [2.45, 2.75) is 24.9 Å². The van der Waals surface area contributed by atoms with Crippen molar-refractivity contribution in [2.24, 2.45) is 0 Å². The number of amides is 1. The molecule has 0 aliphatic carbocycles. The Morgan fingerprint density at radius 1 is 1.03 bits per heavy atom. The van der Waals surface area contributed by atoms with Crippen LogP contribution in [0.4, 0.5) is 0 Å². The van der Waals surface area contributed by atoms with Crippen LogP contribution in [0.25, 0.3) is 0 Å². The maximum Gasteiger partial charge on any atom is 0.243 e. The number of nitrogens with zero attached hydrogens (tertiary/aromatic N) is 1. The van der Waals surface area contributed by atoms with E-state index in [-0.39, 0.29) is 18.0 Å². The zero-order valence-corrected chi connectivity index (χ0v) is 17.5. The number of ether oxygens (including phenoxy) is 1. The van der Waals surface area contributed by atoms with Gasteiger partial charge in [-0.25, -0.2) is 8.42 Å². The summed E-state index contributed by atoms with van der Waals surface area (Å²) >= 11 is 0. The first-order chi connectivity index (χ1) is 14.5. The molecule has 1 heterocycles. The van der Waals surface area contributed by atoms with E-state index in [1.807, 2.05) is 37.3 Å². The fourth-order valence-corrected chi connectivity index (χ4v) is 4.20. The summed E-state index contributed by atoms with van der Waals surface area (Å²) in [5.41, 5.74) is 0.929. The van der Waals surface area contributed by atoms with Crippen molar-refractivity contribution >= 4 is 15.9 Å². The van der Waals surface area contributed by atoms with E-state index in [0.717, 1.165) is 9.87 Å². The summed E-state index contributed by atoms with van der Waals surface area (Å²) in [5, 5.41) is 2.76. The van der Waals surface area contributed by atoms with Crippen LogP contribution in [-0.2, 0) is 27.9 Å². The lowest BCUT2D eigenvalue weighted by Crippen LogP contribution is -2.40. The lowest BCUT2D eigenvalue weighted by atomic mass is 10.2. The number of benzene rings is 2. The highest BCUT2D eigenvalue weighted by Gasteiger charge is 2.27. The lowest BCUT2D eigenvalue weighted by molar-refractivity contribution is -0.121. The summed E-state index contributed by atoms with van der Waals surface area (Å²) in [6, 6.07) is 18.9. The highest BCUT2D eigenvalue weighted by atomic mass is 32.2. The molecule has 8 heteroatoms. The minimum atomic E-state index is -3.93. The molecule has 158 valence electrons. The summed E-state index contributed by atoms with van der Waals surface area (Å²) in [7, 11) is -3.93. The van der Waals surface area contributed by atoms with Crippen LogP contribution < -0.4 is 10.1 Å². The number of hydrogen-bond donors (Lipinski definition) is 1. The third-order valence-electron chi connectivity index (χ3n) is 4.34. The van der Waals surface area contributed by atoms with Gasteiger partial charge in [-0.2, -0.15) is 4.31 Å². The van der Waals surface area contributed by atoms with Crippen molar-refractivity contribution in [3.8, 4) is 5.75 Å². The van der Waals surface area contributed by atoms with Crippen molar-refractivity contribution < 1.29 is 22.4 Å². The number of rotatable bonds is 10. The Hall–Kier alpha value is -3.10. The van der Waals surface area contributed by atoms with Gasteiger partial charge in [0.1, 0.15) is 11.5 Å². The topological polar surface area (TPSA) is 88.9 Å². The monoisotopic (exact) mass is 428 g/mol. The average Bonchev–Trinajstić information content (AvgIpc) is 3.26. The molecule has 0 fully saturated rings. The predicted molar refractivity (Wildman–Crippen MR) is 112 cm³/mol. The van der Waals surface area contributed by atoms with Gasteiger partial charge in [-0.3, -0.25) is 4.79 Å². The van der Waals surface area contributed by atoms with Gasteiger partial charge in [-0.1, -0.05) is 30.3 Å². The van der Waals surface area contributed by atoms with E-state index < -0.39 is 15.9 Å². The smallest absolute Gasteiger partial charge is 0.243 e. The quantitative estimate of drug-likeness (QED) is 0.536. The first-order valence-corrected chi connectivity index (χ1v) is 11.0. The molecular formula is C22H24N2O5S. The van der Waals surface area contributed by atoms with Gasteiger partial charge < -0.3 is 14.5 Å².